The zero-order valence-electron chi connectivity index (χ0n) is 18.4. The summed E-state index contributed by atoms with van der Waals surface area (Å²) in [7, 11) is -1.11. The quantitative estimate of drug-likeness (QED) is 0.454. The number of nitrogens with two attached hydrogens (primary N) is 1. The molecule has 4 aromatic heterocycles. The normalized spacial score (nSPS) is 15.8. The largest absolute Gasteiger partial charge is 0.477 e. The van der Waals surface area contributed by atoms with Gasteiger partial charge in [0.15, 0.2) is 0 Å². The van der Waals surface area contributed by atoms with E-state index >= 15 is 0 Å². The fraction of sp³-hybridized carbons (Fsp3) is 0.348. The Bertz CT molecular complexity index is 1400. The molecule has 1 unspecified atom stereocenters. The highest BCUT2D eigenvalue weighted by molar-refractivity contribution is 7.81. The van der Waals surface area contributed by atoms with Gasteiger partial charge in [0, 0.05) is 52.7 Å². The molecule has 4 aromatic rings. The Kier molecular flexibility index (Phi) is 5.78. The Hall–Kier alpha value is -3.00. The number of hydrogen-bond acceptors (Lipinski definition) is 6. The van der Waals surface area contributed by atoms with E-state index in [2.05, 4.69) is 33.3 Å². The second-order valence-corrected chi connectivity index (χ2v) is 10.5. The lowest BCUT2D eigenvalue weighted by Gasteiger charge is -2.16. The number of nitrogens with one attached hydrogen (secondary N) is 1. The highest BCUT2D eigenvalue weighted by atomic mass is 32.2. The van der Waals surface area contributed by atoms with E-state index in [1.165, 1.54) is 17.6 Å². The van der Waals surface area contributed by atoms with E-state index in [0.717, 1.165) is 80.6 Å². The van der Waals surface area contributed by atoms with Crippen molar-refractivity contribution in [1.82, 2.24) is 19.7 Å². The molecule has 1 aliphatic carbocycles. The molecule has 0 saturated heterocycles. The lowest BCUT2D eigenvalue weighted by Crippen LogP contribution is -2.15. The van der Waals surface area contributed by atoms with E-state index in [4.69, 9.17) is 9.84 Å². The number of ether oxygens (including phenoxy) is 1. The highest BCUT2D eigenvalue weighted by Gasteiger charge is 2.36. The predicted molar refractivity (Wildman–Crippen MR) is 130 cm³/mol. The topological polar surface area (TPSA) is 123 Å². The highest BCUT2D eigenvalue weighted by Crippen LogP contribution is 2.51. The van der Waals surface area contributed by atoms with Gasteiger partial charge in [-0.2, -0.15) is 10.4 Å². The fourth-order valence-corrected chi connectivity index (χ4v) is 5.11. The van der Waals surface area contributed by atoms with Crippen molar-refractivity contribution in [2.75, 3.05) is 12.9 Å². The van der Waals surface area contributed by atoms with Gasteiger partial charge in [-0.15, -0.1) is 11.3 Å². The summed E-state index contributed by atoms with van der Waals surface area (Å²) in [5.74, 6) is 1.33. The molecule has 3 N–H and O–H groups in total. The van der Waals surface area contributed by atoms with Gasteiger partial charge in [0.2, 0.25) is 5.88 Å². The Balaban J connectivity index is 0.000000531. The summed E-state index contributed by atoms with van der Waals surface area (Å²) in [6.45, 7) is 3.63. The molecule has 5 heterocycles. The molecule has 1 atom stereocenters. The summed E-state index contributed by atoms with van der Waals surface area (Å²) in [4.78, 5) is 9.96. The number of H-pyrrole nitrogens is 1. The maximum absolute atomic E-state index is 9.76. The number of aromatic nitrogens is 4. The zero-order chi connectivity index (χ0) is 23.1. The van der Waals surface area contributed by atoms with Gasteiger partial charge in [-0.25, -0.2) is 13.9 Å². The first-order valence-electron chi connectivity index (χ1n) is 10.8. The van der Waals surface area contributed by atoms with Crippen LogP contribution >= 0.6 is 11.3 Å². The number of fused-ring (bicyclic) bond motifs is 2. The molecule has 1 fully saturated rings. The molecule has 1 aliphatic heterocycles. The Morgan fingerprint density at radius 2 is 2.18 bits per heavy atom. The molecule has 0 bridgehead atoms. The SMILES string of the molecule is CS(N)=O.Cc1cc(-c2c(-c3c(C4CC4)nn4c3OCCC4)[nH]c3ncccc23)c(C#N)s1. The fourth-order valence-electron chi connectivity index (χ4n) is 4.30. The number of nitriles is 1. The van der Waals surface area contributed by atoms with Crippen LogP contribution in [0.15, 0.2) is 24.4 Å². The molecular weight excluding hydrogens is 456 g/mol. The Morgan fingerprint density at radius 1 is 1.39 bits per heavy atom. The monoisotopic (exact) mass is 480 g/mol. The summed E-state index contributed by atoms with van der Waals surface area (Å²) in [5.41, 5.74) is 5.94. The van der Waals surface area contributed by atoms with Gasteiger partial charge < -0.3 is 9.72 Å². The standard InChI is InChI=1S/C22H19N5OS.CH5NOS/c1-12-10-15(16(11-23)29-12)17-14-4-2-7-24-21(14)25-20(17)18-19(13-5-6-13)26-27-8-3-9-28-22(18)27;1-4(2)3/h2,4,7,10,13H,3,5-6,8-9H2,1H3,(H,24,25);2H2,1H3. The third-order valence-corrected chi connectivity index (χ3v) is 6.65. The van der Waals surface area contributed by atoms with E-state index in [-0.39, 0.29) is 0 Å². The minimum Gasteiger partial charge on any atom is -0.477 e. The summed E-state index contributed by atoms with van der Waals surface area (Å²) < 4.78 is 17.5. The first-order chi connectivity index (χ1) is 16.0. The molecule has 8 nitrogen and oxygen atoms in total. The second kappa shape index (κ2) is 8.74. The van der Waals surface area contributed by atoms with Crippen molar-refractivity contribution in [3.8, 4) is 34.3 Å². The van der Waals surface area contributed by atoms with Crippen molar-refractivity contribution in [3.63, 3.8) is 0 Å². The molecular formula is C23H24N6O2S2. The van der Waals surface area contributed by atoms with Crippen molar-refractivity contribution in [1.29, 1.82) is 5.26 Å². The lowest BCUT2D eigenvalue weighted by molar-refractivity contribution is 0.231. The van der Waals surface area contributed by atoms with E-state index in [1.807, 2.05) is 17.7 Å². The minimum absolute atomic E-state index is 0.485. The van der Waals surface area contributed by atoms with Crippen LogP contribution in [-0.2, 0) is 17.5 Å². The van der Waals surface area contributed by atoms with Crippen LogP contribution in [0.1, 0.15) is 40.6 Å². The molecule has 0 radical (unpaired) electrons. The smallest absolute Gasteiger partial charge is 0.221 e. The number of hydrogen-bond donors (Lipinski definition) is 2. The third kappa shape index (κ3) is 4.08. The lowest BCUT2D eigenvalue weighted by atomic mass is 9.98. The van der Waals surface area contributed by atoms with Crippen LogP contribution in [0.3, 0.4) is 0 Å². The Morgan fingerprint density at radius 3 is 2.91 bits per heavy atom. The minimum atomic E-state index is -1.11. The van der Waals surface area contributed by atoms with Gasteiger partial charge in [0.05, 0.1) is 34.5 Å². The molecule has 33 heavy (non-hydrogen) atoms. The Labute approximate surface area is 198 Å². The van der Waals surface area contributed by atoms with E-state index in [0.29, 0.717) is 12.5 Å². The summed E-state index contributed by atoms with van der Waals surface area (Å²) in [6, 6.07) is 8.51. The zero-order valence-corrected chi connectivity index (χ0v) is 20.1. The number of aryl methyl sites for hydroxylation is 2. The molecule has 0 aromatic carbocycles. The first kappa shape index (κ1) is 21.8. The van der Waals surface area contributed by atoms with Crippen LogP contribution in [0.25, 0.3) is 33.4 Å². The van der Waals surface area contributed by atoms with Gasteiger partial charge in [-0.3, -0.25) is 5.14 Å². The second-order valence-electron chi connectivity index (χ2n) is 8.25. The molecule has 0 spiro atoms. The van der Waals surface area contributed by atoms with E-state index in [9.17, 15) is 9.47 Å². The van der Waals surface area contributed by atoms with Crippen molar-refractivity contribution in [3.05, 3.63) is 39.8 Å². The summed E-state index contributed by atoms with van der Waals surface area (Å²) >= 11 is 1.53. The molecule has 6 rings (SSSR count). The number of pyridine rings is 1. The maximum Gasteiger partial charge on any atom is 0.221 e. The van der Waals surface area contributed by atoms with E-state index in [1.54, 1.807) is 6.20 Å². The molecule has 170 valence electrons. The van der Waals surface area contributed by atoms with Crippen molar-refractivity contribution >= 4 is 33.4 Å². The molecule has 1 saturated carbocycles. The number of aromatic amines is 1. The number of nitrogens with zero attached hydrogens (tertiary/aromatic N) is 4. The van der Waals surface area contributed by atoms with Crippen LogP contribution in [0.2, 0.25) is 0 Å². The summed E-state index contributed by atoms with van der Waals surface area (Å²) in [5, 5.41) is 20.3. The molecule has 0 amide bonds. The third-order valence-electron chi connectivity index (χ3n) is 5.70. The van der Waals surface area contributed by atoms with Crippen LogP contribution in [0.5, 0.6) is 5.88 Å². The number of rotatable bonds is 3. The van der Waals surface area contributed by atoms with Crippen molar-refractivity contribution in [2.24, 2.45) is 5.14 Å². The van der Waals surface area contributed by atoms with Crippen LogP contribution in [0, 0.1) is 18.3 Å². The molecule has 10 heteroatoms. The van der Waals surface area contributed by atoms with Gasteiger partial charge in [0.1, 0.15) is 16.6 Å². The van der Waals surface area contributed by atoms with Crippen LogP contribution in [-0.4, -0.2) is 36.8 Å². The van der Waals surface area contributed by atoms with Crippen molar-refractivity contribution in [2.45, 2.75) is 38.6 Å². The first-order valence-corrected chi connectivity index (χ1v) is 13.2. The van der Waals surface area contributed by atoms with Crippen LogP contribution in [0.4, 0.5) is 0 Å². The average molecular weight is 481 g/mol. The average Bonchev–Trinajstić information content (AvgIpc) is 3.31. The van der Waals surface area contributed by atoms with Gasteiger partial charge in [-0.1, -0.05) is 0 Å². The van der Waals surface area contributed by atoms with Crippen LogP contribution < -0.4 is 9.88 Å². The van der Waals surface area contributed by atoms with E-state index < -0.39 is 11.0 Å². The van der Waals surface area contributed by atoms with Gasteiger partial charge in [0.25, 0.3) is 0 Å². The maximum atomic E-state index is 9.76. The number of thiophene rings is 1. The summed E-state index contributed by atoms with van der Waals surface area (Å²) in [6.07, 6.45) is 6.51. The van der Waals surface area contributed by atoms with Gasteiger partial charge in [-0.05, 0) is 38.0 Å². The van der Waals surface area contributed by atoms with Gasteiger partial charge >= 0.3 is 0 Å². The molecule has 2 aliphatic rings. The van der Waals surface area contributed by atoms with Crippen molar-refractivity contribution < 1.29 is 8.95 Å². The predicted octanol–water partition coefficient (Wildman–Crippen LogP) is 4.23.